The van der Waals surface area contributed by atoms with Crippen LogP contribution in [-0.4, -0.2) is 17.7 Å². The Labute approximate surface area is 107 Å². The summed E-state index contributed by atoms with van der Waals surface area (Å²) in [5.41, 5.74) is -1.90. The summed E-state index contributed by atoms with van der Waals surface area (Å²) in [4.78, 5) is 11.3. The average Bonchev–Trinajstić information content (AvgIpc) is 2.26. The van der Waals surface area contributed by atoms with Gasteiger partial charge in [-0.2, -0.15) is 22.0 Å². The van der Waals surface area contributed by atoms with E-state index < -0.39 is 35.4 Å². The van der Waals surface area contributed by atoms with E-state index in [4.69, 9.17) is 0 Å². The summed E-state index contributed by atoms with van der Waals surface area (Å²) in [6.45, 7) is -3.23. The van der Waals surface area contributed by atoms with E-state index in [1.807, 2.05) is 0 Å². The standard InChI is InChI=1S/C10H6BrF5O2/c11-4-8(17)6-2-1-5(18-9(12)13)3-7(6)10(14,15)16/h1-3,9H,4H2. The van der Waals surface area contributed by atoms with Crippen molar-refractivity contribution >= 4 is 21.7 Å². The minimum absolute atomic E-state index is 0.300. The highest BCUT2D eigenvalue weighted by Crippen LogP contribution is 2.35. The molecule has 0 unspecified atom stereocenters. The van der Waals surface area contributed by atoms with Gasteiger partial charge in [-0.3, -0.25) is 4.79 Å². The summed E-state index contributed by atoms with van der Waals surface area (Å²) in [6.07, 6.45) is -4.82. The molecule has 0 bridgehead atoms. The maximum absolute atomic E-state index is 12.7. The summed E-state index contributed by atoms with van der Waals surface area (Å²) in [5, 5.41) is -0.300. The van der Waals surface area contributed by atoms with Crippen LogP contribution in [0.25, 0.3) is 0 Å². The van der Waals surface area contributed by atoms with Crippen molar-refractivity contribution in [3.8, 4) is 5.75 Å². The van der Waals surface area contributed by atoms with Gasteiger partial charge in [-0.05, 0) is 18.2 Å². The molecule has 1 aromatic carbocycles. The molecule has 0 aromatic heterocycles. The third-order valence-corrected chi connectivity index (χ3v) is 2.45. The van der Waals surface area contributed by atoms with Crippen molar-refractivity contribution in [2.45, 2.75) is 12.8 Å². The van der Waals surface area contributed by atoms with Gasteiger partial charge in [-0.25, -0.2) is 0 Å². The molecule has 0 aliphatic carbocycles. The summed E-state index contributed by atoms with van der Waals surface area (Å²) in [5.74, 6) is -1.45. The predicted molar refractivity (Wildman–Crippen MR) is 56.2 cm³/mol. The quantitative estimate of drug-likeness (QED) is 0.475. The topological polar surface area (TPSA) is 26.3 Å². The lowest BCUT2D eigenvalue weighted by Crippen LogP contribution is -2.14. The van der Waals surface area contributed by atoms with Gasteiger partial charge in [-0.15, -0.1) is 0 Å². The number of ether oxygens (including phenoxy) is 1. The van der Waals surface area contributed by atoms with Crippen LogP contribution in [0.1, 0.15) is 15.9 Å². The summed E-state index contributed by atoms with van der Waals surface area (Å²) in [6, 6.07) is 2.07. The number of ketones is 1. The number of rotatable bonds is 4. The minimum Gasteiger partial charge on any atom is -0.435 e. The summed E-state index contributed by atoms with van der Waals surface area (Å²) in [7, 11) is 0. The fraction of sp³-hybridized carbons (Fsp3) is 0.300. The second-order valence-corrected chi connectivity index (χ2v) is 3.70. The van der Waals surface area contributed by atoms with Gasteiger partial charge in [0.2, 0.25) is 0 Å². The number of carbonyl (C=O) groups is 1. The van der Waals surface area contributed by atoms with Crippen molar-refractivity contribution in [2.24, 2.45) is 0 Å². The van der Waals surface area contributed by atoms with Gasteiger partial charge < -0.3 is 4.74 Å². The van der Waals surface area contributed by atoms with Crippen molar-refractivity contribution in [3.05, 3.63) is 29.3 Å². The van der Waals surface area contributed by atoms with Crippen LogP contribution in [0.15, 0.2) is 18.2 Å². The number of hydrogen-bond acceptors (Lipinski definition) is 2. The minimum atomic E-state index is -4.82. The average molecular weight is 333 g/mol. The van der Waals surface area contributed by atoms with Crippen LogP contribution in [0.5, 0.6) is 5.75 Å². The Morgan fingerprint density at radius 2 is 1.94 bits per heavy atom. The lowest BCUT2D eigenvalue weighted by atomic mass is 10.0. The van der Waals surface area contributed by atoms with Crippen LogP contribution >= 0.6 is 15.9 Å². The second-order valence-electron chi connectivity index (χ2n) is 3.14. The van der Waals surface area contributed by atoms with Crippen LogP contribution in [0.3, 0.4) is 0 Å². The smallest absolute Gasteiger partial charge is 0.417 e. The highest BCUT2D eigenvalue weighted by Gasteiger charge is 2.35. The number of hydrogen-bond donors (Lipinski definition) is 0. The Balaban J connectivity index is 3.25. The number of Topliss-reactive ketones (excluding diaryl/α,β-unsaturated/α-hetero) is 1. The molecule has 8 heteroatoms. The third-order valence-electron chi connectivity index (χ3n) is 1.94. The van der Waals surface area contributed by atoms with E-state index in [0.717, 1.165) is 12.1 Å². The van der Waals surface area contributed by atoms with E-state index >= 15 is 0 Å². The molecule has 0 heterocycles. The van der Waals surface area contributed by atoms with Crippen LogP contribution in [0, 0.1) is 0 Å². The van der Waals surface area contributed by atoms with Crippen molar-refractivity contribution < 1.29 is 31.5 Å². The Kier molecular flexibility index (Phi) is 4.66. The molecular formula is C10H6BrF5O2. The molecule has 0 atom stereocenters. The van der Waals surface area contributed by atoms with Gasteiger partial charge in [0.25, 0.3) is 0 Å². The summed E-state index contributed by atoms with van der Waals surface area (Å²) < 4.78 is 65.6. The first-order valence-corrected chi connectivity index (χ1v) is 5.63. The van der Waals surface area contributed by atoms with Crippen LogP contribution in [0.2, 0.25) is 0 Å². The van der Waals surface area contributed by atoms with Gasteiger partial charge in [0.05, 0.1) is 10.9 Å². The molecule has 1 rings (SSSR count). The first-order chi connectivity index (χ1) is 8.25. The zero-order valence-electron chi connectivity index (χ0n) is 8.60. The lowest BCUT2D eigenvalue weighted by Gasteiger charge is -2.13. The second kappa shape index (κ2) is 5.64. The van der Waals surface area contributed by atoms with Gasteiger partial charge in [0, 0.05) is 5.56 Å². The predicted octanol–water partition coefficient (Wildman–Crippen LogP) is 3.88. The van der Waals surface area contributed by atoms with Crippen LogP contribution in [0.4, 0.5) is 22.0 Å². The van der Waals surface area contributed by atoms with E-state index in [0.29, 0.717) is 6.07 Å². The molecule has 0 spiro atoms. The number of benzene rings is 1. The van der Waals surface area contributed by atoms with Gasteiger partial charge in [0.1, 0.15) is 5.75 Å². The van der Waals surface area contributed by atoms with E-state index in [2.05, 4.69) is 20.7 Å². The Morgan fingerprint density at radius 3 is 2.39 bits per heavy atom. The largest absolute Gasteiger partial charge is 0.435 e. The lowest BCUT2D eigenvalue weighted by molar-refractivity contribution is -0.138. The fourth-order valence-corrected chi connectivity index (χ4v) is 1.55. The molecule has 0 aliphatic rings. The van der Waals surface area contributed by atoms with Crippen molar-refractivity contribution in [2.75, 3.05) is 5.33 Å². The first kappa shape index (κ1) is 14.9. The van der Waals surface area contributed by atoms with E-state index in [-0.39, 0.29) is 5.33 Å². The van der Waals surface area contributed by atoms with E-state index in [1.54, 1.807) is 0 Å². The molecule has 18 heavy (non-hydrogen) atoms. The molecule has 0 saturated carbocycles. The SMILES string of the molecule is O=C(CBr)c1ccc(OC(F)F)cc1C(F)(F)F. The summed E-state index contributed by atoms with van der Waals surface area (Å²) >= 11 is 2.74. The first-order valence-electron chi connectivity index (χ1n) is 4.51. The molecule has 0 amide bonds. The van der Waals surface area contributed by atoms with Gasteiger partial charge in [0.15, 0.2) is 5.78 Å². The van der Waals surface area contributed by atoms with Crippen molar-refractivity contribution in [1.29, 1.82) is 0 Å². The molecular weight excluding hydrogens is 327 g/mol. The van der Waals surface area contributed by atoms with Crippen LogP contribution < -0.4 is 4.74 Å². The maximum atomic E-state index is 12.7. The van der Waals surface area contributed by atoms with Crippen molar-refractivity contribution in [1.82, 2.24) is 0 Å². The molecule has 0 N–H and O–H groups in total. The highest BCUT2D eigenvalue weighted by atomic mass is 79.9. The van der Waals surface area contributed by atoms with Gasteiger partial charge in [-0.1, -0.05) is 15.9 Å². The number of alkyl halides is 6. The Morgan fingerprint density at radius 1 is 1.33 bits per heavy atom. The third kappa shape index (κ3) is 3.66. The number of halogens is 6. The Bertz CT molecular complexity index is 444. The monoisotopic (exact) mass is 332 g/mol. The Hall–Kier alpha value is -1.18. The van der Waals surface area contributed by atoms with Crippen LogP contribution in [-0.2, 0) is 6.18 Å². The highest BCUT2D eigenvalue weighted by molar-refractivity contribution is 9.09. The molecule has 0 radical (unpaired) electrons. The molecule has 2 nitrogen and oxygen atoms in total. The van der Waals surface area contributed by atoms with Gasteiger partial charge >= 0.3 is 12.8 Å². The molecule has 0 saturated heterocycles. The van der Waals surface area contributed by atoms with E-state index in [1.165, 1.54) is 0 Å². The van der Waals surface area contributed by atoms with Crippen molar-refractivity contribution in [3.63, 3.8) is 0 Å². The number of carbonyl (C=O) groups excluding carboxylic acids is 1. The normalized spacial score (nSPS) is 11.7. The maximum Gasteiger partial charge on any atom is 0.417 e. The molecule has 100 valence electrons. The molecule has 1 aromatic rings. The molecule has 0 fully saturated rings. The fourth-order valence-electron chi connectivity index (χ4n) is 1.25. The zero-order chi connectivity index (χ0) is 13.9. The zero-order valence-corrected chi connectivity index (χ0v) is 10.2. The van der Waals surface area contributed by atoms with E-state index in [9.17, 15) is 26.7 Å². The molecule has 0 aliphatic heterocycles.